The minimum Gasteiger partial charge on any atom is -0.357 e. The largest absolute Gasteiger partial charge is 0.357 e. The van der Waals surface area contributed by atoms with Gasteiger partial charge >= 0.3 is 0 Å². The van der Waals surface area contributed by atoms with Gasteiger partial charge in [-0.25, -0.2) is 4.99 Å². The minimum absolute atomic E-state index is 0.0401. The molecule has 1 amide bonds. The summed E-state index contributed by atoms with van der Waals surface area (Å²) in [6.07, 6.45) is 1.64. The fraction of sp³-hybridized carbons (Fsp3) is 0.478. The van der Waals surface area contributed by atoms with Gasteiger partial charge in [0, 0.05) is 42.9 Å². The Morgan fingerprint density at radius 1 is 1.17 bits per heavy atom. The third-order valence-electron chi connectivity index (χ3n) is 5.29. The van der Waals surface area contributed by atoms with Crippen LogP contribution >= 0.6 is 11.3 Å². The van der Waals surface area contributed by atoms with Crippen molar-refractivity contribution in [2.24, 2.45) is 4.99 Å². The molecule has 156 valence electrons. The number of hydrogen-bond donors (Lipinski definition) is 2. The summed E-state index contributed by atoms with van der Waals surface area (Å²) in [7, 11) is 0. The number of hydrogen-bond acceptors (Lipinski definition) is 3. The molecule has 1 fully saturated rings. The average Bonchev–Trinajstić information content (AvgIpc) is 3.38. The van der Waals surface area contributed by atoms with E-state index in [9.17, 15) is 4.79 Å². The molecule has 1 aromatic carbocycles. The van der Waals surface area contributed by atoms with Gasteiger partial charge in [-0.2, -0.15) is 0 Å². The predicted molar refractivity (Wildman–Crippen MR) is 121 cm³/mol. The van der Waals surface area contributed by atoms with Gasteiger partial charge in [0.05, 0.1) is 6.54 Å². The molecule has 2 heterocycles. The molecule has 0 bridgehead atoms. The number of carbonyl (C=O) groups excluding carboxylic acids is 1. The fourth-order valence-electron chi connectivity index (χ4n) is 3.50. The first-order chi connectivity index (χ1) is 14.0. The van der Waals surface area contributed by atoms with Crippen LogP contribution in [0.15, 0.2) is 46.8 Å². The first kappa shape index (κ1) is 21.4. The van der Waals surface area contributed by atoms with Gasteiger partial charge in [0.25, 0.3) is 0 Å². The highest BCUT2D eigenvalue weighted by atomic mass is 32.1. The molecule has 1 aliphatic rings. The van der Waals surface area contributed by atoms with Crippen molar-refractivity contribution in [3.8, 4) is 0 Å². The Bertz CT molecular complexity index is 829. The van der Waals surface area contributed by atoms with Crippen LogP contribution in [0.5, 0.6) is 0 Å². The lowest BCUT2D eigenvalue weighted by Crippen LogP contribution is -2.43. The van der Waals surface area contributed by atoms with Crippen LogP contribution in [0.2, 0.25) is 0 Å². The van der Waals surface area contributed by atoms with E-state index in [0.717, 1.165) is 32.0 Å². The molecule has 0 saturated carbocycles. The lowest BCUT2D eigenvalue weighted by atomic mass is 9.91. The topological polar surface area (TPSA) is 56.7 Å². The van der Waals surface area contributed by atoms with Crippen LogP contribution in [-0.4, -0.2) is 36.4 Å². The maximum Gasteiger partial charge on any atom is 0.222 e. The van der Waals surface area contributed by atoms with Gasteiger partial charge in [-0.15, -0.1) is 11.3 Å². The summed E-state index contributed by atoms with van der Waals surface area (Å²) in [6, 6.07) is 12.6. The number of thiophene rings is 1. The number of guanidine groups is 1. The van der Waals surface area contributed by atoms with E-state index in [1.54, 1.807) is 11.3 Å². The second kappa shape index (κ2) is 9.92. The summed E-state index contributed by atoms with van der Waals surface area (Å²) in [5, 5.41) is 8.97. The monoisotopic (exact) mass is 412 g/mol. The van der Waals surface area contributed by atoms with Gasteiger partial charge in [-0.05, 0) is 35.9 Å². The van der Waals surface area contributed by atoms with Gasteiger partial charge in [0.15, 0.2) is 5.96 Å². The zero-order valence-corrected chi connectivity index (χ0v) is 18.5. The summed E-state index contributed by atoms with van der Waals surface area (Å²) in [4.78, 5) is 20.1. The highest BCUT2D eigenvalue weighted by molar-refractivity contribution is 7.10. The van der Waals surface area contributed by atoms with E-state index >= 15 is 0 Å². The van der Waals surface area contributed by atoms with Crippen molar-refractivity contribution in [1.82, 2.24) is 15.5 Å². The standard InChI is InChI=1S/C23H32N4OS/c1-4-24-22(26-17-23(2,3)20-11-8-14-29-20)25-15-18-9-5-6-10-19(18)16-27-13-7-12-21(27)28/h5-6,8-11,14H,4,7,12-13,15-17H2,1-3H3,(H2,24,25,26). The van der Waals surface area contributed by atoms with Crippen molar-refractivity contribution in [3.05, 3.63) is 57.8 Å². The number of likely N-dealkylation sites (tertiary alicyclic amines) is 1. The molecule has 1 aromatic heterocycles. The number of rotatable bonds is 8. The quantitative estimate of drug-likeness (QED) is 0.511. The van der Waals surface area contributed by atoms with Crippen molar-refractivity contribution in [3.63, 3.8) is 0 Å². The van der Waals surface area contributed by atoms with Crippen LogP contribution in [0.1, 0.15) is 49.6 Å². The van der Waals surface area contributed by atoms with Crippen LogP contribution in [0.4, 0.5) is 0 Å². The van der Waals surface area contributed by atoms with E-state index in [0.29, 0.717) is 19.5 Å². The van der Waals surface area contributed by atoms with Gasteiger partial charge in [0.2, 0.25) is 5.91 Å². The van der Waals surface area contributed by atoms with Crippen LogP contribution < -0.4 is 10.6 Å². The van der Waals surface area contributed by atoms with E-state index < -0.39 is 0 Å². The highest BCUT2D eigenvalue weighted by Crippen LogP contribution is 2.26. The molecule has 0 unspecified atom stereocenters. The molecule has 6 heteroatoms. The number of benzene rings is 1. The molecular formula is C23H32N4OS. The van der Waals surface area contributed by atoms with Crippen molar-refractivity contribution < 1.29 is 4.79 Å². The van der Waals surface area contributed by atoms with Crippen molar-refractivity contribution >= 4 is 23.2 Å². The average molecular weight is 413 g/mol. The maximum absolute atomic E-state index is 12.0. The van der Waals surface area contributed by atoms with Gasteiger partial charge < -0.3 is 15.5 Å². The Labute approximate surface area is 178 Å². The third kappa shape index (κ3) is 5.82. The van der Waals surface area contributed by atoms with E-state index in [4.69, 9.17) is 4.99 Å². The van der Waals surface area contributed by atoms with Gasteiger partial charge in [0.1, 0.15) is 0 Å². The first-order valence-corrected chi connectivity index (χ1v) is 11.3. The Morgan fingerprint density at radius 3 is 2.62 bits per heavy atom. The first-order valence-electron chi connectivity index (χ1n) is 10.4. The Balaban J connectivity index is 1.66. The van der Waals surface area contributed by atoms with Crippen LogP contribution in [0, 0.1) is 0 Å². The summed E-state index contributed by atoms with van der Waals surface area (Å²) in [5.74, 6) is 1.08. The zero-order chi connectivity index (χ0) is 20.7. The number of aliphatic imine (C=N–C) groups is 1. The summed E-state index contributed by atoms with van der Waals surface area (Å²) in [5.41, 5.74) is 2.39. The molecule has 2 aromatic rings. The minimum atomic E-state index is 0.0401. The molecule has 1 saturated heterocycles. The molecule has 2 N–H and O–H groups in total. The van der Waals surface area contributed by atoms with Crippen molar-refractivity contribution in [2.45, 2.75) is 52.1 Å². The van der Waals surface area contributed by atoms with Crippen molar-refractivity contribution in [2.75, 3.05) is 19.6 Å². The van der Waals surface area contributed by atoms with Crippen molar-refractivity contribution in [1.29, 1.82) is 0 Å². The lowest BCUT2D eigenvalue weighted by molar-refractivity contribution is -0.128. The molecule has 29 heavy (non-hydrogen) atoms. The smallest absolute Gasteiger partial charge is 0.222 e. The Morgan fingerprint density at radius 2 is 1.97 bits per heavy atom. The predicted octanol–water partition coefficient (Wildman–Crippen LogP) is 3.90. The maximum atomic E-state index is 12.0. The molecule has 5 nitrogen and oxygen atoms in total. The highest BCUT2D eigenvalue weighted by Gasteiger charge is 2.22. The number of carbonyl (C=O) groups is 1. The molecular weight excluding hydrogens is 380 g/mol. The fourth-order valence-corrected chi connectivity index (χ4v) is 4.36. The van der Waals surface area contributed by atoms with E-state index in [2.05, 4.69) is 61.1 Å². The van der Waals surface area contributed by atoms with E-state index in [-0.39, 0.29) is 11.3 Å². The van der Waals surface area contributed by atoms with E-state index in [1.165, 1.54) is 16.0 Å². The Hall–Kier alpha value is -2.34. The molecule has 0 aliphatic carbocycles. The zero-order valence-electron chi connectivity index (χ0n) is 17.7. The summed E-state index contributed by atoms with van der Waals surface area (Å²) < 4.78 is 0. The molecule has 0 radical (unpaired) electrons. The molecule has 0 spiro atoms. The number of amides is 1. The van der Waals surface area contributed by atoms with E-state index in [1.807, 2.05) is 17.0 Å². The number of nitrogens with one attached hydrogen (secondary N) is 2. The second-order valence-electron chi connectivity index (χ2n) is 8.10. The normalized spacial score (nSPS) is 15.1. The molecule has 3 rings (SSSR count). The SMILES string of the molecule is CCNC(=NCc1ccccc1CN1CCCC1=O)NCC(C)(C)c1cccs1. The van der Waals surface area contributed by atoms with Gasteiger partial charge in [-0.1, -0.05) is 44.2 Å². The molecule has 0 atom stereocenters. The number of nitrogens with zero attached hydrogens (tertiary/aromatic N) is 2. The molecule has 1 aliphatic heterocycles. The van der Waals surface area contributed by atoms with Gasteiger partial charge in [-0.3, -0.25) is 4.79 Å². The van der Waals surface area contributed by atoms with Crippen LogP contribution in [0.25, 0.3) is 0 Å². The lowest BCUT2D eigenvalue weighted by Gasteiger charge is -2.25. The Kier molecular flexibility index (Phi) is 7.31. The van der Waals surface area contributed by atoms with Crippen LogP contribution in [0.3, 0.4) is 0 Å². The van der Waals surface area contributed by atoms with Crippen LogP contribution in [-0.2, 0) is 23.3 Å². The third-order valence-corrected chi connectivity index (χ3v) is 6.52. The summed E-state index contributed by atoms with van der Waals surface area (Å²) in [6.45, 7) is 10.3. The second-order valence-corrected chi connectivity index (χ2v) is 9.05. The summed E-state index contributed by atoms with van der Waals surface area (Å²) >= 11 is 1.79.